The first-order chi connectivity index (χ1) is 15.6. The highest BCUT2D eigenvalue weighted by atomic mass is 32.1. The molecule has 8 heteroatoms. The van der Waals surface area contributed by atoms with Gasteiger partial charge in [0.25, 0.3) is 0 Å². The van der Waals surface area contributed by atoms with Gasteiger partial charge < -0.3 is 15.1 Å². The van der Waals surface area contributed by atoms with Gasteiger partial charge in [-0.05, 0) is 73.9 Å². The van der Waals surface area contributed by atoms with E-state index in [1.54, 1.807) is 18.4 Å². The van der Waals surface area contributed by atoms with Gasteiger partial charge in [0.1, 0.15) is 5.69 Å². The first kappa shape index (κ1) is 20.7. The third-order valence-corrected chi connectivity index (χ3v) is 6.94. The summed E-state index contributed by atoms with van der Waals surface area (Å²) in [5.74, 6) is 1.94. The molecule has 4 atom stereocenters. The number of furan rings is 1. The molecule has 5 heterocycles. The monoisotopic (exact) mass is 446 g/mol. The molecule has 2 bridgehead atoms. The van der Waals surface area contributed by atoms with Crippen molar-refractivity contribution in [3.63, 3.8) is 0 Å². The first-order valence-corrected chi connectivity index (χ1v) is 11.4. The number of hydrogen-bond donors (Lipinski definition) is 2. The standard InChI is InChI=1S/C24H26N6OS/c1-29-22(12-21(28-29)23-6-3-9-31-23)20-15-30-8-7-17(20)11-19(30)14-26-24(32)27-18-5-2-4-16(10-18)13-25/h2-6,9-10,12,17,19-20H,7-8,11,14-15H2,1H3,(H2,26,27,32)/t17-,19+,20-/m0/s1. The van der Waals surface area contributed by atoms with Crippen molar-refractivity contribution in [1.82, 2.24) is 20.0 Å². The lowest BCUT2D eigenvalue weighted by molar-refractivity contribution is 0.0303. The van der Waals surface area contributed by atoms with E-state index < -0.39 is 0 Å². The molecule has 1 unspecified atom stereocenters. The van der Waals surface area contributed by atoms with Crippen LogP contribution in [0.2, 0.25) is 0 Å². The Morgan fingerprint density at radius 1 is 1.31 bits per heavy atom. The molecular formula is C24H26N6OS. The van der Waals surface area contributed by atoms with E-state index in [4.69, 9.17) is 21.9 Å². The quantitative estimate of drug-likeness (QED) is 0.578. The van der Waals surface area contributed by atoms with E-state index in [-0.39, 0.29) is 0 Å². The Morgan fingerprint density at radius 3 is 2.97 bits per heavy atom. The van der Waals surface area contributed by atoms with Gasteiger partial charge in [-0.15, -0.1) is 0 Å². The van der Waals surface area contributed by atoms with Crippen LogP contribution < -0.4 is 10.6 Å². The second-order valence-corrected chi connectivity index (χ2v) is 9.03. The topological polar surface area (TPSA) is 82.1 Å². The van der Waals surface area contributed by atoms with Crippen molar-refractivity contribution in [1.29, 1.82) is 5.26 Å². The van der Waals surface area contributed by atoms with Gasteiger partial charge in [-0.25, -0.2) is 0 Å². The van der Waals surface area contributed by atoms with Crippen molar-refractivity contribution >= 4 is 23.0 Å². The van der Waals surface area contributed by atoms with Crippen molar-refractivity contribution in [2.24, 2.45) is 13.0 Å². The Kier molecular flexibility index (Phi) is 5.68. The summed E-state index contributed by atoms with van der Waals surface area (Å²) in [6, 6.07) is 16.0. The minimum absolute atomic E-state index is 0.466. The Labute approximate surface area is 193 Å². The SMILES string of the molecule is Cn1nc(-c2ccco2)cc1[C@H]1CN2CC[C@H]1C[C@@H]2CNC(=S)Nc1cccc(C#N)c1. The zero-order valence-electron chi connectivity index (χ0n) is 18.0. The summed E-state index contributed by atoms with van der Waals surface area (Å²) in [4.78, 5) is 2.58. The lowest BCUT2D eigenvalue weighted by Gasteiger charge is -2.50. The molecule has 3 aromatic rings. The third kappa shape index (κ3) is 4.14. The summed E-state index contributed by atoms with van der Waals surface area (Å²) in [6.07, 6.45) is 4.05. The third-order valence-electron chi connectivity index (χ3n) is 6.70. The van der Waals surface area contributed by atoms with Crippen molar-refractivity contribution < 1.29 is 4.42 Å². The van der Waals surface area contributed by atoms with Crippen LogP contribution in [0.3, 0.4) is 0 Å². The van der Waals surface area contributed by atoms with Gasteiger partial charge in [0.15, 0.2) is 10.9 Å². The molecule has 0 radical (unpaired) electrons. The molecule has 0 spiro atoms. The summed E-state index contributed by atoms with van der Waals surface area (Å²) < 4.78 is 7.56. The van der Waals surface area contributed by atoms with Crippen molar-refractivity contribution in [2.45, 2.75) is 24.8 Å². The second-order valence-electron chi connectivity index (χ2n) is 8.62. The molecule has 3 aliphatic heterocycles. The summed E-state index contributed by atoms with van der Waals surface area (Å²) in [7, 11) is 2.03. The number of fused-ring (bicyclic) bond motifs is 3. The van der Waals surface area contributed by atoms with Crippen LogP contribution in [0.5, 0.6) is 0 Å². The van der Waals surface area contributed by atoms with E-state index in [0.717, 1.165) is 43.2 Å². The van der Waals surface area contributed by atoms with E-state index >= 15 is 0 Å². The number of nitrogens with one attached hydrogen (secondary N) is 2. The van der Waals surface area contributed by atoms with Crippen molar-refractivity contribution in [2.75, 3.05) is 25.0 Å². The van der Waals surface area contributed by atoms with E-state index in [1.807, 2.05) is 36.0 Å². The minimum atomic E-state index is 0.466. The Hall–Kier alpha value is -3.15. The number of thiocarbonyl (C=S) groups is 1. The fourth-order valence-corrected chi connectivity index (χ4v) is 5.31. The number of rotatable bonds is 5. The fourth-order valence-electron chi connectivity index (χ4n) is 5.11. The summed E-state index contributed by atoms with van der Waals surface area (Å²) in [6.45, 7) is 2.98. The van der Waals surface area contributed by atoms with Gasteiger partial charge in [0.05, 0.1) is 17.9 Å². The summed E-state index contributed by atoms with van der Waals surface area (Å²) in [5.41, 5.74) is 3.63. The first-order valence-electron chi connectivity index (χ1n) is 11.0. The molecule has 6 rings (SSSR count). The number of piperidine rings is 3. The van der Waals surface area contributed by atoms with Crippen LogP contribution in [0, 0.1) is 17.2 Å². The van der Waals surface area contributed by atoms with Crippen molar-refractivity contribution in [3.8, 4) is 17.5 Å². The van der Waals surface area contributed by atoms with Gasteiger partial charge >= 0.3 is 0 Å². The van der Waals surface area contributed by atoms with Crippen LogP contribution in [0.1, 0.15) is 30.0 Å². The lowest BCUT2D eigenvalue weighted by atomic mass is 9.74. The van der Waals surface area contributed by atoms with E-state index in [9.17, 15) is 0 Å². The molecule has 1 aromatic carbocycles. The number of nitriles is 1. The maximum atomic E-state index is 9.06. The zero-order valence-corrected chi connectivity index (χ0v) is 18.8. The minimum Gasteiger partial charge on any atom is -0.463 e. The predicted octanol–water partition coefficient (Wildman–Crippen LogP) is 3.72. The van der Waals surface area contributed by atoms with Crippen LogP contribution in [-0.4, -0.2) is 45.5 Å². The maximum Gasteiger partial charge on any atom is 0.170 e. The van der Waals surface area contributed by atoms with Crippen LogP contribution in [-0.2, 0) is 7.05 Å². The van der Waals surface area contributed by atoms with E-state index in [2.05, 4.69) is 32.8 Å². The second kappa shape index (κ2) is 8.77. The Bertz CT molecular complexity index is 1150. The molecule has 0 saturated carbocycles. The molecule has 0 aliphatic carbocycles. The molecule has 3 aliphatic rings. The number of anilines is 1. The predicted molar refractivity (Wildman–Crippen MR) is 127 cm³/mol. The molecule has 2 N–H and O–H groups in total. The molecule has 2 aromatic heterocycles. The highest BCUT2D eigenvalue weighted by molar-refractivity contribution is 7.80. The number of aryl methyl sites for hydroxylation is 1. The Morgan fingerprint density at radius 2 is 2.22 bits per heavy atom. The lowest BCUT2D eigenvalue weighted by Crippen LogP contribution is -2.56. The molecule has 3 saturated heterocycles. The average Bonchev–Trinajstić information content (AvgIpc) is 3.48. The fraction of sp³-hybridized carbons (Fsp3) is 0.375. The molecule has 164 valence electrons. The number of nitrogens with zero attached hydrogens (tertiary/aromatic N) is 4. The average molecular weight is 447 g/mol. The van der Waals surface area contributed by atoms with Gasteiger partial charge in [-0.3, -0.25) is 9.58 Å². The zero-order chi connectivity index (χ0) is 22.1. The van der Waals surface area contributed by atoms with Gasteiger partial charge in [0, 0.05) is 43.5 Å². The number of aromatic nitrogens is 2. The maximum absolute atomic E-state index is 9.06. The van der Waals surface area contributed by atoms with Crippen LogP contribution in [0.15, 0.2) is 53.1 Å². The van der Waals surface area contributed by atoms with Gasteiger partial charge in [-0.1, -0.05) is 6.07 Å². The molecule has 3 fully saturated rings. The van der Waals surface area contributed by atoms with Crippen LogP contribution >= 0.6 is 12.2 Å². The summed E-state index contributed by atoms with van der Waals surface area (Å²) >= 11 is 5.48. The molecule has 7 nitrogen and oxygen atoms in total. The normalized spacial score (nSPS) is 24.1. The largest absolute Gasteiger partial charge is 0.463 e. The van der Waals surface area contributed by atoms with Crippen LogP contribution in [0.25, 0.3) is 11.5 Å². The smallest absolute Gasteiger partial charge is 0.170 e. The molecule has 32 heavy (non-hydrogen) atoms. The number of benzene rings is 1. The van der Waals surface area contributed by atoms with E-state index in [1.165, 1.54) is 12.1 Å². The highest BCUT2D eigenvalue weighted by Crippen LogP contribution is 2.42. The molecule has 0 amide bonds. The van der Waals surface area contributed by atoms with Crippen molar-refractivity contribution in [3.05, 3.63) is 60.0 Å². The van der Waals surface area contributed by atoms with Gasteiger partial charge in [-0.2, -0.15) is 10.4 Å². The van der Waals surface area contributed by atoms with E-state index in [0.29, 0.717) is 28.6 Å². The van der Waals surface area contributed by atoms with Gasteiger partial charge in [0.2, 0.25) is 0 Å². The summed E-state index contributed by atoms with van der Waals surface area (Å²) in [5, 5.41) is 20.9. The highest BCUT2D eigenvalue weighted by Gasteiger charge is 2.41. The number of hydrogen-bond acceptors (Lipinski definition) is 5. The molecular weight excluding hydrogens is 420 g/mol. The van der Waals surface area contributed by atoms with Crippen LogP contribution in [0.4, 0.5) is 5.69 Å². The Balaban J connectivity index is 1.19.